The lowest BCUT2D eigenvalue weighted by Gasteiger charge is -2.22. The number of hydrogen-bond donors (Lipinski definition) is 3. The molecule has 0 unspecified atom stereocenters. The zero-order valence-electron chi connectivity index (χ0n) is 18.7. The lowest BCUT2D eigenvalue weighted by Crippen LogP contribution is -2.21. The van der Waals surface area contributed by atoms with E-state index in [1.54, 1.807) is 19.3 Å². The quantitative estimate of drug-likeness (QED) is 0.465. The Kier molecular flexibility index (Phi) is 6.45. The Labute approximate surface area is 183 Å². The Balaban J connectivity index is 1.93. The summed E-state index contributed by atoms with van der Waals surface area (Å²) in [5, 5.41) is 1.42. The highest BCUT2D eigenvalue weighted by molar-refractivity contribution is 5.97. The number of ether oxygens (including phenoxy) is 2. The van der Waals surface area contributed by atoms with Crippen molar-refractivity contribution in [2.45, 2.75) is 33.6 Å². The van der Waals surface area contributed by atoms with Crippen LogP contribution >= 0.6 is 0 Å². The Morgan fingerprint density at radius 1 is 1.23 bits per heavy atom. The van der Waals surface area contributed by atoms with Gasteiger partial charge in [0.2, 0.25) is 0 Å². The number of hydrazine groups is 1. The molecule has 0 spiro atoms. The maximum Gasteiger partial charge on any atom is 0.252 e. The molecule has 0 saturated heterocycles. The second-order valence-electron chi connectivity index (χ2n) is 9.16. The molecule has 2 aromatic carbocycles. The number of benzene rings is 2. The van der Waals surface area contributed by atoms with Gasteiger partial charge in [0.05, 0.1) is 24.5 Å². The van der Waals surface area contributed by atoms with Crippen LogP contribution in [0.15, 0.2) is 36.5 Å². The number of nitrogens with zero attached hydrogens (tertiary/aromatic N) is 1. The predicted molar refractivity (Wildman–Crippen MR) is 122 cm³/mol. The summed E-state index contributed by atoms with van der Waals surface area (Å²) in [6.07, 6.45) is 2.95. The molecule has 31 heavy (non-hydrogen) atoms. The Bertz CT molecular complexity index is 989. The third-order valence-corrected chi connectivity index (χ3v) is 4.94. The Morgan fingerprint density at radius 3 is 2.48 bits per heavy atom. The molecule has 1 amide bonds. The number of carbonyl (C=O) groups is 1. The van der Waals surface area contributed by atoms with Crippen LogP contribution in [0.3, 0.4) is 0 Å². The van der Waals surface area contributed by atoms with E-state index in [2.05, 4.69) is 20.8 Å². The van der Waals surface area contributed by atoms with Crippen molar-refractivity contribution in [2.75, 3.05) is 20.3 Å². The van der Waals surface area contributed by atoms with E-state index in [1.807, 2.05) is 24.3 Å². The molecule has 166 valence electrons. The topological polar surface area (TPSA) is 117 Å². The average Bonchev–Trinajstić information content (AvgIpc) is 3.16. The van der Waals surface area contributed by atoms with Crippen LogP contribution in [0.25, 0.3) is 5.70 Å². The van der Waals surface area contributed by atoms with Gasteiger partial charge in [0.1, 0.15) is 11.5 Å². The van der Waals surface area contributed by atoms with Crippen LogP contribution in [0.4, 0.5) is 0 Å². The number of amides is 1. The van der Waals surface area contributed by atoms with Crippen LogP contribution in [-0.4, -0.2) is 31.2 Å². The maximum absolute atomic E-state index is 12.2. The molecule has 3 rings (SSSR count). The van der Waals surface area contributed by atoms with Crippen molar-refractivity contribution in [3.05, 3.63) is 64.3 Å². The van der Waals surface area contributed by atoms with Crippen molar-refractivity contribution in [2.24, 2.45) is 22.7 Å². The van der Waals surface area contributed by atoms with Gasteiger partial charge in [0.15, 0.2) is 0 Å². The standard InChI is InChI=1S/C24H32N4O3/c1-24(2,3)14-31-22-18-9-10-30-21(18)17(12-19(22)23(26)29)11-15-5-7-16(8-6-15)20(25)13-28(4)27/h5-8,12-13H,9-11,14,25,27H2,1-4H3,(H2,26,29)/b20-13-. The molecule has 1 aliphatic heterocycles. The van der Waals surface area contributed by atoms with Crippen LogP contribution in [0.2, 0.25) is 0 Å². The molecule has 1 aliphatic rings. The fraction of sp³-hybridized carbons (Fsp3) is 0.375. The highest BCUT2D eigenvalue weighted by Crippen LogP contribution is 2.41. The number of fused-ring (bicyclic) bond motifs is 1. The first kappa shape index (κ1) is 22.5. The normalized spacial score (nSPS) is 13.5. The number of nitrogens with two attached hydrogens (primary N) is 3. The summed E-state index contributed by atoms with van der Waals surface area (Å²) < 4.78 is 12.0. The minimum atomic E-state index is -0.501. The SMILES string of the molecule is CN(N)/C=C(\N)c1ccc(Cc2cc(C(N)=O)c(OCC(C)(C)C)c3c2OCC3)cc1. The van der Waals surface area contributed by atoms with Gasteiger partial charge < -0.3 is 25.9 Å². The van der Waals surface area contributed by atoms with Crippen molar-refractivity contribution >= 4 is 11.6 Å². The van der Waals surface area contributed by atoms with E-state index in [-0.39, 0.29) is 5.41 Å². The third-order valence-electron chi connectivity index (χ3n) is 4.94. The van der Waals surface area contributed by atoms with Gasteiger partial charge in [-0.15, -0.1) is 0 Å². The van der Waals surface area contributed by atoms with Crippen molar-refractivity contribution < 1.29 is 14.3 Å². The van der Waals surface area contributed by atoms with Crippen molar-refractivity contribution in [1.82, 2.24) is 5.01 Å². The Hall–Kier alpha value is -3.19. The number of carbonyl (C=O) groups excluding carboxylic acids is 1. The van der Waals surface area contributed by atoms with E-state index < -0.39 is 5.91 Å². The molecule has 0 aliphatic carbocycles. The summed E-state index contributed by atoms with van der Waals surface area (Å²) in [6, 6.07) is 9.70. The fourth-order valence-electron chi connectivity index (χ4n) is 3.52. The zero-order valence-corrected chi connectivity index (χ0v) is 18.7. The van der Waals surface area contributed by atoms with E-state index in [9.17, 15) is 4.79 Å². The molecule has 1 heterocycles. The molecular weight excluding hydrogens is 392 g/mol. The van der Waals surface area contributed by atoms with Crippen molar-refractivity contribution in [3.63, 3.8) is 0 Å². The summed E-state index contributed by atoms with van der Waals surface area (Å²) >= 11 is 0. The first-order chi connectivity index (χ1) is 14.5. The fourth-order valence-corrected chi connectivity index (χ4v) is 3.52. The zero-order chi connectivity index (χ0) is 22.8. The van der Waals surface area contributed by atoms with Crippen molar-refractivity contribution in [1.29, 1.82) is 0 Å². The smallest absolute Gasteiger partial charge is 0.252 e. The number of rotatable bonds is 7. The van der Waals surface area contributed by atoms with E-state index >= 15 is 0 Å². The molecule has 0 bridgehead atoms. The van der Waals surface area contributed by atoms with Crippen molar-refractivity contribution in [3.8, 4) is 11.5 Å². The lowest BCUT2D eigenvalue weighted by molar-refractivity contribution is 0.0992. The number of primary amides is 1. The van der Waals surface area contributed by atoms with E-state index in [1.165, 1.54) is 5.01 Å². The maximum atomic E-state index is 12.2. The van der Waals surface area contributed by atoms with E-state index in [0.29, 0.717) is 43.1 Å². The minimum Gasteiger partial charge on any atom is -0.493 e. The van der Waals surface area contributed by atoms with Crippen LogP contribution in [0.5, 0.6) is 11.5 Å². The summed E-state index contributed by atoms with van der Waals surface area (Å²) in [6.45, 7) is 7.29. The summed E-state index contributed by atoms with van der Waals surface area (Å²) in [5.74, 6) is 6.47. The first-order valence-electron chi connectivity index (χ1n) is 10.3. The van der Waals surface area contributed by atoms with Gasteiger partial charge in [-0.3, -0.25) is 4.79 Å². The Morgan fingerprint density at radius 2 is 1.90 bits per heavy atom. The second kappa shape index (κ2) is 8.89. The lowest BCUT2D eigenvalue weighted by atomic mass is 9.95. The molecule has 0 aromatic heterocycles. The summed E-state index contributed by atoms with van der Waals surface area (Å²) in [7, 11) is 1.72. The average molecular weight is 425 g/mol. The molecule has 0 fully saturated rings. The number of hydrogen-bond acceptors (Lipinski definition) is 6. The van der Waals surface area contributed by atoms with Crippen LogP contribution in [0, 0.1) is 5.41 Å². The highest BCUT2D eigenvalue weighted by Gasteiger charge is 2.27. The molecule has 6 N–H and O–H groups in total. The first-order valence-corrected chi connectivity index (χ1v) is 10.3. The molecular formula is C24H32N4O3. The van der Waals surface area contributed by atoms with Gasteiger partial charge in [-0.1, -0.05) is 45.0 Å². The molecule has 0 saturated carbocycles. The summed E-state index contributed by atoms with van der Waals surface area (Å²) in [4.78, 5) is 12.2. The highest BCUT2D eigenvalue weighted by atomic mass is 16.5. The minimum absolute atomic E-state index is 0.0450. The van der Waals surface area contributed by atoms with Gasteiger partial charge in [-0.05, 0) is 28.2 Å². The summed E-state index contributed by atoms with van der Waals surface area (Å²) in [5.41, 5.74) is 16.5. The van der Waals surface area contributed by atoms with E-state index in [0.717, 1.165) is 28.0 Å². The molecule has 7 heteroatoms. The molecule has 0 atom stereocenters. The van der Waals surface area contributed by atoms with Gasteiger partial charge in [-0.25, -0.2) is 5.84 Å². The van der Waals surface area contributed by atoms with Gasteiger partial charge >= 0.3 is 0 Å². The monoisotopic (exact) mass is 424 g/mol. The third kappa shape index (κ3) is 5.49. The van der Waals surface area contributed by atoms with Crippen LogP contribution < -0.4 is 26.8 Å². The van der Waals surface area contributed by atoms with Crippen LogP contribution in [0.1, 0.15) is 53.4 Å². The van der Waals surface area contributed by atoms with Gasteiger partial charge in [0.25, 0.3) is 5.91 Å². The second-order valence-corrected chi connectivity index (χ2v) is 9.16. The molecule has 2 aromatic rings. The van der Waals surface area contributed by atoms with Gasteiger partial charge in [0, 0.05) is 31.7 Å². The molecule has 0 radical (unpaired) electrons. The van der Waals surface area contributed by atoms with Crippen LogP contribution in [-0.2, 0) is 12.8 Å². The largest absolute Gasteiger partial charge is 0.493 e. The predicted octanol–water partition coefficient (Wildman–Crippen LogP) is 2.80. The van der Waals surface area contributed by atoms with Gasteiger partial charge in [-0.2, -0.15) is 0 Å². The van der Waals surface area contributed by atoms with E-state index in [4.69, 9.17) is 26.8 Å². The molecule has 7 nitrogen and oxygen atoms in total.